The molecule has 3 aliphatic heterocycles. The van der Waals surface area contributed by atoms with Crippen LogP contribution < -0.4 is 10.2 Å². The van der Waals surface area contributed by atoms with Gasteiger partial charge in [-0.25, -0.2) is 9.37 Å². The van der Waals surface area contributed by atoms with Crippen molar-refractivity contribution >= 4 is 34.1 Å². The van der Waals surface area contributed by atoms with E-state index < -0.39 is 23.8 Å². The molecule has 0 spiro atoms. The van der Waals surface area contributed by atoms with E-state index in [9.17, 15) is 14.4 Å². The number of ether oxygens (including phenoxy) is 1. The number of likely N-dealkylation sites (tertiary alicyclic amines) is 1. The van der Waals surface area contributed by atoms with Crippen molar-refractivity contribution in [3.05, 3.63) is 46.6 Å². The molecule has 2 amide bonds. The number of thiazole rings is 1. The Bertz CT molecular complexity index is 1370. The molecule has 3 fully saturated rings. The summed E-state index contributed by atoms with van der Waals surface area (Å²) in [6.07, 6.45) is 2.23. The first kappa shape index (κ1) is 30.3. The lowest BCUT2D eigenvalue weighted by Gasteiger charge is -2.32. The first-order chi connectivity index (χ1) is 20.1. The summed E-state index contributed by atoms with van der Waals surface area (Å²) in [5.41, 5.74) is 2.04. The van der Waals surface area contributed by atoms with Crippen LogP contribution in [0.2, 0.25) is 0 Å². The predicted octanol–water partition coefficient (Wildman–Crippen LogP) is 3.61. The SMILES string of the molecule is CC=C(C)C1CN(C(=O)C(NC(=O)c2ccc(-c3csc(N4CCN(C)CC4)n3)c(F)c2)C(C)CC)C2C(=O)COC12. The van der Waals surface area contributed by atoms with Gasteiger partial charge in [-0.3, -0.25) is 14.4 Å². The van der Waals surface area contributed by atoms with Gasteiger partial charge in [-0.05, 0) is 45.0 Å². The average molecular weight is 598 g/mol. The van der Waals surface area contributed by atoms with Crippen molar-refractivity contribution in [3.8, 4) is 11.3 Å². The number of carbonyl (C=O) groups is 3. The summed E-state index contributed by atoms with van der Waals surface area (Å²) in [7, 11) is 2.09. The number of fused-ring (bicyclic) bond motifs is 1. The molecule has 0 radical (unpaired) electrons. The fourth-order valence-electron chi connectivity index (χ4n) is 5.98. The summed E-state index contributed by atoms with van der Waals surface area (Å²) in [5, 5.41) is 5.56. The van der Waals surface area contributed by atoms with E-state index in [2.05, 4.69) is 27.1 Å². The zero-order chi connectivity index (χ0) is 30.1. The molecule has 5 rings (SSSR count). The van der Waals surface area contributed by atoms with Gasteiger partial charge in [0, 0.05) is 55.1 Å². The molecule has 0 aliphatic carbocycles. The highest BCUT2D eigenvalue weighted by molar-refractivity contribution is 7.14. The number of piperazine rings is 1. The van der Waals surface area contributed by atoms with E-state index in [0.717, 1.165) is 36.9 Å². The number of likely N-dealkylation sites (N-methyl/N-ethyl adjacent to an activating group) is 1. The van der Waals surface area contributed by atoms with E-state index in [1.165, 1.54) is 17.4 Å². The number of anilines is 1. The molecule has 5 atom stereocenters. The summed E-state index contributed by atoms with van der Waals surface area (Å²) in [5.74, 6) is -1.80. The Labute approximate surface area is 250 Å². The number of nitrogens with one attached hydrogen (secondary N) is 1. The third kappa shape index (κ3) is 5.87. The number of hydrogen-bond donors (Lipinski definition) is 1. The van der Waals surface area contributed by atoms with Crippen molar-refractivity contribution in [2.24, 2.45) is 11.8 Å². The van der Waals surface area contributed by atoms with E-state index in [1.54, 1.807) is 17.0 Å². The molecule has 0 saturated carbocycles. The van der Waals surface area contributed by atoms with Gasteiger partial charge >= 0.3 is 0 Å². The third-order valence-corrected chi connectivity index (χ3v) is 9.95. The van der Waals surface area contributed by atoms with Gasteiger partial charge in [-0.15, -0.1) is 11.3 Å². The zero-order valence-corrected chi connectivity index (χ0v) is 25.7. The standard InChI is InChI=1S/C31H40FN5O4S/c1-6-18(3)22-15-37(27-25(38)16-41-28(22)27)30(40)26(19(4)7-2)34-29(39)20-8-9-21(23(32)14-20)24-17-42-31(33-24)36-12-10-35(5)11-13-36/h6,8-9,14,17,19,22,26-28H,7,10-13,15-16H2,1-5H3,(H,34,39). The zero-order valence-electron chi connectivity index (χ0n) is 24.9. The lowest BCUT2D eigenvalue weighted by Crippen LogP contribution is -2.54. The minimum absolute atomic E-state index is 0.0194. The molecule has 1 N–H and O–H groups in total. The second kappa shape index (κ2) is 12.6. The van der Waals surface area contributed by atoms with Gasteiger partial charge in [0.2, 0.25) is 5.91 Å². The number of hydrogen-bond acceptors (Lipinski definition) is 8. The molecule has 5 unspecified atom stereocenters. The molecule has 42 heavy (non-hydrogen) atoms. The number of aromatic nitrogens is 1. The molecule has 9 nitrogen and oxygen atoms in total. The number of allylic oxidation sites excluding steroid dienone is 1. The van der Waals surface area contributed by atoms with Gasteiger partial charge in [-0.1, -0.05) is 31.9 Å². The van der Waals surface area contributed by atoms with Crippen molar-refractivity contribution in [3.63, 3.8) is 0 Å². The highest BCUT2D eigenvalue weighted by Crippen LogP contribution is 2.37. The molecule has 3 aliphatic rings. The van der Waals surface area contributed by atoms with Crippen LogP contribution in [0, 0.1) is 17.7 Å². The van der Waals surface area contributed by atoms with Crippen LogP contribution in [0.1, 0.15) is 44.5 Å². The Kier molecular flexibility index (Phi) is 9.10. The second-order valence-electron chi connectivity index (χ2n) is 11.7. The maximum atomic E-state index is 15.3. The summed E-state index contributed by atoms with van der Waals surface area (Å²) in [6.45, 7) is 11.7. The number of carbonyl (C=O) groups excluding carboxylic acids is 3. The van der Waals surface area contributed by atoms with E-state index >= 15 is 4.39 Å². The van der Waals surface area contributed by atoms with Crippen LogP contribution in [0.15, 0.2) is 35.2 Å². The third-order valence-electron chi connectivity index (χ3n) is 9.05. The van der Waals surface area contributed by atoms with Crippen LogP contribution in [0.25, 0.3) is 11.3 Å². The van der Waals surface area contributed by atoms with Crippen LogP contribution in [-0.2, 0) is 14.3 Å². The van der Waals surface area contributed by atoms with Crippen LogP contribution in [-0.4, -0.2) is 96.9 Å². The normalized spacial score (nSPS) is 24.6. The second-order valence-corrected chi connectivity index (χ2v) is 12.5. The fourth-order valence-corrected chi connectivity index (χ4v) is 6.86. The highest BCUT2D eigenvalue weighted by atomic mass is 32.1. The lowest BCUT2D eigenvalue weighted by molar-refractivity contribution is -0.139. The number of Topliss-reactive ketones (excluding diaryl/α,β-unsaturated/α-hetero) is 1. The van der Waals surface area contributed by atoms with Crippen LogP contribution in [0.4, 0.5) is 9.52 Å². The maximum absolute atomic E-state index is 15.3. The topological polar surface area (TPSA) is 95.1 Å². The number of benzene rings is 1. The first-order valence-corrected chi connectivity index (χ1v) is 15.6. The van der Waals surface area contributed by atoms with Gasteiger partial charge in [0.05, 0.1) is 11.8 Å². The van der Waals surface area contributed by atoms with Gasteiger partial charge in [-0.2, -0.15) is 0 Å². The molecular weight excluding hydrogens is 557 g/mol. The van der Waals surface area contributed by atoms with E-state index in [0.29, 0.717) is 24.2 Å². The Morgan fingerprint density at radius 3 is 2.67 bits per heavy atom. The van der Waals surface area contributed by atoms with E-state index in [1.807, 2.05) is 39.2 Å². The Morgan fingerprint density at radius 1 is 1.26 bits per heavy atom. The molecular formula is C31H40FN5O4S. The Balaban J connectivity index is 1.32. The summed E-state index contributed by atoms with van der Waals surface area (Å²) < 4.78 is 21.1. The van der Waals surface area contributed by atoms with Crippen molar-refractivity contribution in [1.29, 1.82) is 0 Å². The Morgan fingerprint density at radius 2 is 2.00 bits per heavy atom. The van der Waals surface area contributed by atoms with Gasteiger partial charge in [0.25, 0.3) is 5.91 Å². The molecule has 3 saturated heterocycles. The van der Waals surface area contributed by atoms with Crippen molar-refractivity contribution in [2.75, 3.05) is 51.3 Å². The number of nitrogens with zero attached hydrogens (tertiary/aromatic N) is 4. The average Bonchev–Trinajstić information content (AvgIpc) is 3.72. The Hall–Kier alpha value is -3.15. The van der Waals surface area contributed by atoms with Crippen molar-refractivity contribution in [1.82, 2.24) is 20.1 Å². The minimum atomic E-state index is -0.867. The van der Waals surface area contributed by atoms with E-state index in [-0.39, 0.29) is 41.8 Å². The van der Waals surface area contributed by atoms with Crippen molar-refractivity contribution in [2.45, 2.75) is 52.3 Å². The fraction of sp³-hybridized carbons (Fsp3) is 0.548. The van der Waals surface area contributed by atoms with Gasteiger partial charge in [0.15, 0.2) is 10.9 Å². The van der Waals surface area contributed by atoms with Crippen molar-refractivity contribution < 1.29 is 23.5 Å². The summed E-state index contributed by atoms with van der Waals surface area (Å²) >= 11 is 1.48. The summed E-state index contributed by atoms with van der Waals surface area (Å²) in [6, 6.07) is 2.80. The van der Waals surface area contributed by atoms with E-state index in [4.69, 9.17) is 4.74 Å². The predicted molar refractivity (Wildman–Crippen MR) is 161 cm³/mol. The van der Waals surface area contributed by atoms with Gasteiger partial charge in [0.1, 0.15) is 24.5 Å². The first-order valence-electron chi connectivity index (χ1n) is 14.7. The lowest BCUT2D eigenvalue weighted by atomic mass is 9.94. The molecule has 0 bridgehead atoms. The molecule has 1 aromatic carbocycles. The number of ketones is 1. The molecule has 1 aromatic heterocycles. The van der Waals surface area contributed by atoms with Crippen LogP contribution in [0.3, 0.4) is 0 Å². The number of amides is 2. The molecule has 226 valence electrons. The molecule has 11 heteroatoms. The monoisotopic (exact) mass is 597 g/mol. The smallest absolute Gasteiger partial charge is 0.252 e. The van der Waals surface area contributed by atoms with Crippen LogP contribution >= 0.6 is 11.3 Å². The largest absolute Gasteiger partial charge is 0.367 e. The minimum Gasteiger partial charge on any atom is -0.367 e. The van der Waals surface area contributed by atoms with Gasteiger partial charge < -0.3 is 24.8 Å². The number of halogens is 1. The molecule has 2 aromatic rings. The number of rotatable bonds is 8. The maximum Gasteiger partial charge on any atom is 0.252 e. The van der Waals surface area contributed by atoms with Crippen LogP contribution in [0.5, 0.6) is 0 Å². The molecule has 4 heterocycles. The quantitative estimate of drug-likeness (QED) is 0.465. The highest BCUT2D eigenvalue weighted by Gasteiger charge is 2.53. The summed E-state index contributed by atoms with van der Waals surface area (Å²) in [4.78, 5) is 50.7.